The van der Waals surface area contributed by atoms with Gasteiger partial charge < -0.3 is 19.5 Å². The maximum atomic E-state index is 13.1. The molecule has 1 aromatic rings. The van der Waals surface area contributed by atoms with Gasteiger partial charge in [-0.2, -0.15) is 0 Å². The molecule has 0 saturated heterocycles. The van der Waals surface area contributed by atoms with Gasteiger partial charge in [0, 0.05) is 18.1 Å². The van der Waals surface area contributed by atoms with E-state index in [2.05, 4.69) is 5.32 Å². The fourth-order valence-electron chi connectivity index (χ4n) is 4.22. The van der Waals surface area contributed by atoms with E-state index < -0.39 is 11.6 Å². The van der Waals surface area contributed by atoms with E-state index in [4.69, 9.17) is 19.6 Å². The highest BCUT2D eigenvalue weighted by atomic mass is 16.6. The van der Waals surface area contributed by atoms with Crippen molar-refractivity contribution in [1.82, 2.24) is 5.32 Å². The third kappa shape index (κ3) is 12.7. The van der Waals surface area contributed by atoms with Gasteiger partial charge in [0.25, 0.3) is 0 Å². The average Bonchev–Trinajstić information content (AvgIpc) is 3.10. The number of esters is 1. The molecule has 0 bridgehead atoms. The van der Waals surface area contributed by atoms with Crippen molar-refractivity contribution in [1.29, 1.82) is 5.41 Å². The second-order valence-corrected chi connectivity index (χ2v) is 11.1. The number of hydrogen-bond acceptors (Lipinski definition) is 6. The number of carbonyl (C=O) groups is 2. The third-order valence-electron chi connectivity index (χ3n) is 6.19. The standard InChI is InChI=1S/C29H44N2O5.C2H6/c1-20(2)25(28(33)36-29(4,5)6)31-27(32)24-11-8-7-10-22(18-24)19-34-16-9-17-35-26(30)23-14-12-21(3)13-15-23;1-2/h9,12-15,17,20,22,24-25,30H,7-8,10-11,16,18-19H2,1-6H3,(H,31,32);1-2H3/b17-9+,30-26?;/t22?,24?,25-;/m0./s1. The normalized spacial score (nSPS) is 18.7. The lowest BCUT2D eigenvalue weighted by Gasteiger charge is -2.28. The molecule has 0 radical (unpaired) electrons. The lowest BCUT2D eigenvalue weighted by Crippen LogP contribution is -2.49. The molecule has 7 heteroatoms. The monoisotopic (exact) mass is 530 g/mol. The minimum absolute atomic E-state index is 0.0600. The van der Waals surface area contributed by atoms with Crippen molar-refractivity contribution in [3.05, 3.63) is 47.7 Å². The van der Waals surface area contributed by atoms with Crippen molar-refractivity contribution in [2.24, 2.45) is 17.8 Å². The molecule has 0 spiro atoms. The number of aryl methyl sites for hydroxylation is 1. The zero-order chi connectivity index (χ0) is 28.7. The van der Waals surface area contributed by atoms with Gasteiger partial charge in [0.05, 0.1) is 12.9 Å². The summed E-state index contributed by atoms with van der Waals surface area (Å²) in [6.07, 6.45) is 7.85. The van der Waals surface area contributed by atoms with Crippen molar-refractivity contribution in [3.8, 4) is 0 Å². The average molecular weight is 531 g/mol. The number of carbonyl (C=O) groups excluding carboxylic acids is 2. The number of amides is 1. The Morgan fingerprint density at radius 2 is 1.74 bits per heavy atom. The molecule has 214 valence electrons. The van der Waals surface area contributed by atoms with Crippen LogP contribution in [0.4, 0.5) is 0 Å². The van der Waals surface area contributed by atoms with Gasteiger partial charge in [-0.15, -0.1) is 0 Å². The topological polar surface area (TPSA) is 97.7 Å². The van der Waals surface area contributed by atoms with Crippen LogP contribution in [0, 0.1) is 30.1 Å². The first-order valence-electron chi connectivity index (χ1n) is 14.0. The van der Waals surface area contributed by atoms with E-state index in [0.29, 0.717) is 13.2 Å². The van der Waals surface area contributed by atoms with Crippen LogP contribution < -0.4 is 5.32 Å². The van der Waals surface area contributed by atoms with E-state index in [0.717, 1.165) is 43.2 Å². The van der Waals surface area contributed by atoms with Gasteiger partial charge in [-0.05, 0) is 77.0 Å². The van der Waals surface area contributed by atoms with Crippen LogP contribution in [-0.2, 0) is 23.8 Å². The Morgan fingerprint density at radius 3 is 2.34 bits per heavy atom. The summed E-state index contributed by atoms with van der Waals surface area (Å²) >= 11 is 0. The number of nitrogens with one attached hydrogen (secondary N) is 2. The molecule has 7 nitrogen and oxygen atoms in total. The predicted molar refractivity (Wildman–Crippen MR) is 153 cm³/mol. The summed E-state index contributed by atoms with van der Waals surface area (Å²) in [5, 5.41) is 11.0. The molecule has 2 unspecified atom stereocenters. The molecule has 0 aromatic heterocycles. The van der Waals surface area contributed by atoms with Crippen molar-refractivity contribution in [2.75, 3.05) is 13.2 Å². The fraction of sp³-hybridized carbons (Fsp3) is 0.645. The number of benzene rings is 1. The van der Waals surface area contributed by atoms with Crippen LogP contribution in [0.5, 0.6) is 0 Å². The van der Waals surface area contributed by atoms with Gasteiger partial charge in [-0.1, -0.05) is 58.2 Å². The highest BCUT2D eigenvalue weighted by molar-refractivity contribution is 5.92. The van der Waals surface area contributed by atoms with Crippen molar-refractivity contribution >= 4 is 17.8 Å². The van der Waals surface area contributed by atoms with Crippen LogP contribution in [0.25, 0.3) is 0 Å². The lowest BCUT2D eigenvalue weighted by atomic mass is 9.92. The van der Waals surface area contributed by atoms with Gasteiger partial charge in [0.15, 0.2) is 0 Å². The molecule has 1 aliphatic rings. The summed E-state index contributed by atoms with van der Waals surface area (Å²) in [5.41, 5.74) is 1.26. The zero-order valence-electron chi connectivity index (χ0n) is 24.8. The molecule has 0 heterocycles. The third-order valence-corrected chi connectivity index (χ3v) is 6.19. The molecule has 1 aliphatic carbocycles. The van der Waals surface area contributed by atoms with Crippen LogP contribution in [0.2, 0.25) is 0 Å². The van der Waals surface area contributed by atoms with Crippen molar-refractivity contribution in [2.45, 2.75) is 99.1 Å². The molecule has 1 aromatic carbocycles. The number of ether oxygens (including phenoxy) is 3. The Labute approximate surface area is 230 Å². The molecular formula is C31H50N2O5. The zero-order valence-corrected chi connectivity index (χ0v) is 24.8. The van der Waals surface area contributed by atoms with Crippen LogP contribution in [0.1, 0.15) is 91.7 Å². The predicted octanol–water partition coefficient (Wildman–Crippen LogP) is 6.57. The molecule has 1 fully saturated rings. The fourth-order valence-corrected chi connectivity index (χ4v) is 4.22. The molecule has 1 saturated carbocycles. The second-order valence-electron chi connectivity index (χ2n) is 11.1. The van der Waals surface area contributed by atoms with Gasteiger partial charge in [0.2, 0.25) is 11.8 Å². The molecule has 0 aliphatic heterocycles. The maximum Gasteiger partial charge on any atom is 0.329 e. The van der Waals surface area contributed by atoms with Gasteiger partial charge in [-0.3, -0.25) is 10.2 Å². The molecule has 2 rings (SSSR count). The number of rotatable bonds is 10. The van der Waals surface area contributed by atoms with Gasteiger partial charge in [-0.25, -0.2) is 4.79 Å². The second kappa shape index (κ2) is 17.0. The largest absolute Gasteiger partial charge is 0.458 e. The SMILES string of the molecule is CC.Cc1ccc(C(=N)O/C=C/COCC2CCCCC(C(=O)N[C@H](C(=O)OC(C)(C)C)C(C)C)C2)cc1. The van der Waals surface area contributed by atoms with E-state index in [1.54, 1.807) is 6.08 Å². The van der Waals surface area contributed by atoms with Crippen LogP contribution >= 0.6 is 0 Å². The molecule has 1 amide bonds. The highest BCUT2D eigenvalue weighted by Crippen LogP contribution is 2.28. The van der Waals surface area contributed by atoms with Gasteiger partial charge >= 0.3 is 5.97 Å². The Balaban J connectivity index is 0.00000352. The van der Waals surface area contributed by atoms with E-state index in [9.17, 15) is 9.59 Å². The number of hydrogen-bond donors (Lipinski definition) is 2. The Bertz CT molecular complexity index is 887. The summed E-state index contributed by atoms with van der Waals surface area (Å²) < 4.78 is 16.7. The molecule has 38 heavy (non-hydrogen) atoms. The minimum Gasteiger partial charge on any atom is -0.458 e. The first-order valence-corrected chi connectivity index (χ1v) is 14.0. The smallest absolute Gasteiger partial charge is 0.329 e. The maximum absolute atomic E-state index is 13.1. The Hall–Kier alpha value is -2.67. The van der Waals surface area contributed by atoms with E-state index >= 15 is 0 Å². The van der Waals surface area contributed by atoms with Crippen LogP contribution in [0.3, 0.4) is 0 Å². The minimum atomic E-state index is -0.654. The summed E-state index contributed by atoms with van der Waals surface area (Å²) in [4.78, 5) is 25.7. The Morgan fingerprint density at radius 1 is 1.11 bits per heavy atom. The van der Waals surface area contributed by atoms with E-state index in [1.165, 1.54) is 6.26 Å². The Kier molecular flexibility index (Phi) is 14.9. The molecule has 3 atom stereocenters. The summed E-state index contributed by atoms with van der Waals surface area (Å²) in [7, 11) is 0. The quantitative estimate of drug-likeness (QED) is 0.0890. The van der Waals surface area contributed by atoms with Crippen molar-refractivity contribution in [3.63, 3.8) is 0 Å². The summed E-state index contributed by atoms with van der Waals surface area (Å²) in [6.45, 7) is 16.3. The first-order chi connectivity index (χ1) is 18.0. The highest BCUT2D eigenvalue weighted by Gasteiger charge is 2.32. The lowest BCUT2D eigenvalue weighted by molar-refractivity contribution is -0.160. The van der Waals surface area contributed by atoms with Crippen LogP contribution in [-0.4, -0.2) is 42.6 Å². The van der Waals surface area contributed by atoms with E-state index in [1.807, 2.05) is 79.7 Å². The van der Waals surface area contributed by atoms with Crippen LogP contribution in [0.15, 0.2) is 36.6 Å². The first kappa shape index (κ1) is 33.4. The molecule has 2 N–H and O–H groups in total. The molecular weight excluding hydrogens is 480 g/mol. The summed E-state index contributed by atoms with van der Waals surface area (Å²) in [6, 6.07) is 6.95. The van der Waals surface area contributed by atoms with Gasteiger partial charge in [0.1, 0.15) is 11.6 Å². The van der Waals surface area contributed by atoms with Crippen molar-refractivity contribution < 1.29 is 23.8 Å². The summed E-state index contributed by atoms with van der Waals surface area (Å²) in [5.74, 6) is -0.288. The van der Waals surface area contributed by atoms with E-state index in [-0.39, 0.29) is 35.5 Å².